The van der Waals surface area contributed by atoms with Crippen molar-refractivity contribution < 1.29 is 14.3 Å². The zero-order valence-corrected chi connectivity index (χ0v) is 8.13. The average Bonchev–Trinajstić information content (AvgIpc) is 2.10. The maximum absolute atomic E-state index is 11.1. The maximum Gasteiger partial charge on any atom is 0.308 e. The van der Waals surface area contributed by atoms with E-state index in [4.69, 9.17) is 9.47 Å². The molecule has 0 N–H and O–H groups in total. The molecule has 0 aliphatic rings. The number of hydrogen-bond donors (Lipinski definition) is 0. The van der Waals surface area contributed by atoms with Gasteiger partial charge in [0.05, 0.1) is 12.5 Å². The molecule has 1 unspecified atom stereocenters. The van der Waals surface area contributed by atoms with Crippen LogP contribution in [0.3, 0.4) is 0 Å². The van der Waals surface area contributed by atoms with Crippen LogP contribution in [0.15, 0.2) is 0 Å². The molecule has 0 aromatic carbocycles. The van der Waals surface area contributed by atoms with E-state index in [0.717, 1.165) is 6.42 Å². The van der Waals surface area contributed by atoms with Crippen LogP contribution >= 0.6 is 0 Å². The minimum atomic E-state index is -0.128. The van der Waals surface area contributed by atoms with Crippen molar-refractivity contribution in [3.05, 3.63) is 0 Å². The minimum absolute atomic E-state index is 0.00614. The van der Waals surface area contributed by atoms with E-state index in [2.05, 4.69) is 0 Å². The largest absolute Gasteiger partial charge is 0.463 e. The first-order chi connectivity index (χ1) is 5.72. The zero-order valence-electron chi connectivity index (χ0n) is 8.13. The Morgan fingerprint density at radius 1 is 1.33 bits per heavy atom. The van der Waals surface area contributed by atoms with Gasteiger partial charge in [0.1, 0.15) is 6.61 Å². The molecule has 0 bridgehead atoms. The van der Waals surface area contributed by atoms with Crippen molar-refractivity contribution in [3.63, 3.8) is 0 Å². The molecule has 0 amide bonds. The van der Waals surface area contributed by atoms with Crippen LogP contribution in [0.1, 0.15) is 27.2 Å². The molecule has 12 heavy (non-hydrogen) atoms. The lowest BCUT2D eigenvalue weighted by Crippen LogP contribution is -2.16. The van der Waals surface area contributed by atoms with Gasteiger partial charge in [-0.05, 0) is 13.3 Å². The van der Waals surface area contributed by atoms with Gasteiger partial charge in [-0.15, -0.1) is 0 Å². The molecule has 0 aliphatic carbocycles. The summed E-state index contributed by atoms with van der Waals surface area (Å²) < 4.78 is 9.95. The van der Waals surface area contributed by atoms with Gasteiger partial charge in [-0.2, -0.15) is 0 Å². The average molecular weight is 174 g/mol. The molecule has 0 spiro atoms. The van der Waals surface area contributed by atoms with Gasteiger partial charge in [-0.1, -0.05) is 13.8 Å². The predicted molar refractivity (Wildman–Crippen MR) is 46.9 cm³/mol. The Labute approximate surface area is 74.0 Å². The number of ether oxygens (including phenoxy) is 2. The molecular weight excluding hydrogens is 156 g/mol. The lowest BCUT2D eigenvalue weighted by molar-refractivity contribution is -0.149. The molecule has 0 heterocycles. The fourth-order valence-corrected chi connectivity index (χ4v) is 0.654. The van der Waals surface area contributed by atoms with Gasteiger partial charge in [0, 0.05) is 6.61 Å². The Kier molecular flexibility index (Phi) is 6.76. The molecule has 0 rings (SSSR count). The third kappa shape index (κ3) is 5.13. The summed E-state index contributed by atoms with van der Waals surface area (Å²) in [4.78, 5) is 11.1. The van der Waals surface area contributed by atoms with E-state index in [1.54, 1.807) is 0 Å². The summed E-state index contributed by atoms with van der Waals surface area (Å²) in [6.45, 7) is 7.28. The van der Waals surface area contributed by atoms with Crippen LogP contribution in [-0.2, 0) is 14.3 Å². The summed E-state index contributed by atoms with van der Waals surface area (Å²) in [5, 5.41) is 0. The maximum atomic E-state index is 11.1. The van der Waals surface area contributed by atoms with Crippen LogP contribution in [0.4, 0.5) is 0 Å². The van der Waals surface area contributed by atoms with Crippen LogP contribution in [0.25, 0.3) is 0 Å². The highest BCUT2D eigenvalue weighted by molar-refractivity contribution is 5.71. The number of esters is 1. The van der Waals surface area contributed by atoms with E-state index in [9.17, 15) is 4.79 Å². The van der Waals surface area contributed by atoms with E-state index in [0.29, 0.717) is 19.8 Å². The van der Waals surface area contributed by atoms with Gasteiger partial charge in [-0.25, -0.2) is 0 Å². The Bertz CT molecular complexity index is 123. The summed E-state index contributed by atoms with van der Waals surface area (Å²) in [5.74, 6) is -0.121. The Morgan fingerprint density at radius 2 is 2.00 bits per heavy atom. The van der Waals surface area contributed by atoms with E-state index in [-0.39, 0.29) is 11.9 Å². The predicted octanol–water partition coefficient (Wildman–Crippen LogP) is 1.61. The van der Waals surface area contributed by atoms with E-state index in [1.807, 2.05) is 20.8 Å². The molecule has 1 atom stereocenters. The Morgan fingerprint density at radius 3 is 2.50 bits per heavy atom. The lowest BCUT2D eigenvalue weighted by Gasteiger charge is -2.08. The summed E-state index contributed by atoms with van der Waals surface area (Å²) in [5.41, 5.74) is 0. The summed E-state index contributed by atoms with van der Waals surface area (Å²) in [6.07, 6.45) is 0.827. The number of carbonyl (C=O) groups is 1. The quantitative estimate of drug-likeness (QED) is 0.453. The van der Waals surface area contributed by atoms with Gasteiger partial charge in [0.2, 0.25) is 0 Å². The first kappa shape index (κ1) is 11.4. The second kappa shape index (κ2) is 7.10. The fourth-order valence-electron chi connectivity index (χ4n) is 0.654. The van der Waals surface area contributed by atoms with E-state index in [1.165, 1.54) is 0 Å². The van der Waals surface area contributed by atoms with Crippen LogP contribution in [0, 0.1) is 5.92 Å². The van der Waals surface area contributed by atoms with Gasteiger partial charge >= 0.3 is 5.97 Å². The van der Waals surface area contributed by atoms with Gasteiger partial charge in [0.15, 0.2) is 0 Å². The van der Waals surface area contributed by atoms with Crippen molar-refractivity contribution in [3.8, 4) is 0 Å². The zero-order chi connectivity index (χ0) is 9.40. The first-order valence-electron chi connectivity index (χ1n) is 4.46. The van der Waals surface area contributed by atoms with Crippen molar-refractivity contribution in [1.29, 1.82) is 0 Å². The summed E-state index contributed by atoms with van der Waals surface area (Å²) in [7, 11) is 0. The topological polar surface area (TPSA) is 35.5 Å². The van der Waals surface area contributed by atoms with E-state index >= 15 is 0 Å². The Balaban J connectivity index is 3.31. The molecule has 3 nitrogen and oxygen atoms in total. The first-order valence-corrected chi connectivity index (χ1v) is 4.46. The SMILES string of the molecule is CCOCCOC(=O)C(C)CC. The molecule has 3 heteroatoms. The summed E-state index contributed by atoms with van der Waals surface area (Å²) >= 11 is 0. The number of carbonyl (C=O) groups excluding carboxylic acids is 1. The molecule has 0 fully saturated rings. The second-order valence-corrected chi connectivity index (χ2v) is 2.67. The minimum Gasteiger partial charge on any atom is -0.463 e. The summed E-state index contributed by atoms with van der Waals surface area (Å²) in [6, 6.07) is 0. The van der Waals surface area contributed by atoms with Crippen LogP contribution in [0.2, 0.25) is 0 Å². The van der Waals surface area contributed by atoms with Crippen LogP contribution in [0.5, 0.6) is 0 Å². The molecule has 0 aromatic rings. The second-order valence-electron chi connectivity index (χ2n) is 2.67. The van der Waals surface area contributed by atoms with Crippen molar-refractivity contribution in [2.24, 2.45) is 5.92 Å². The van der Waals surface area contributed by atoms with Gasteiger partial charge < -0.3 is 9.47 Å². The molecule has 0 aliphatic heterocycles. The number of rotatable bonds is 6. The number of hydrogen-bond acceptors (Lipinski definition) is 3. The normalized spacial score (nSPS) is 12.6. The van der Waals surface area contributed by atoms with Gasteiger partial charge in [0.25, 0.3) is 0 Å². The molecule has 72 valence electrons. The van der Waals surface area contributed by atoms with Crippen molar-refractivity contribution in [1.82, 2.24) is 0 Å². The smallest absolute Gasteiger partial charge is 0.308 e. The fraction of sp³-hybridized carbons (Fsp3) is 0.889. The molecule has 0 aromatic heterocycles. The highest BCUT2D eigenvalue weighted by Crippen LogP contribution is 2.02. The third-order valence-corrected chi connectivity index (χ3v) is 1.69. The Hall–Kier alpha value is -0.570. The van der Waals surface area contributed by atoms with Crippen LogP contribution < -0.4 is 0 Å². The highest BCUT2D eigenvalue weighted by atomic mass is 16.6. The lowest BCUT2D eigenvalue weighted by atomic mass is 10.1. The molecule has 0 saturated carbocycles. The van der Waals surface area contributed by atoms with Crippen molar-refractivity contribution in [2.75, 3.05) is 19.8 Å². The van der Waals surface area contributed by atoms with Crippen molar-refractivity contribution >= 4 is 5.97 Å². The monoisotopic (exact) mass is 174 g/mol. The molecule has 0 saturated heterocycles. The van der Waals surface area contributed by atoms with Gasteiger partial charge in [-0.3, -0.25) is 4.79 Å². The van der Waals surface area contributed by atoms with Crippen LogP contribution in [-0.4, -0.2) is 25.8 Å². The molecule has 0 radical (unpaired) electrons. The standard InChI is InChI=1S/C9H18O3/c1-4-8(3)9(10)12-7-6-11-5-2/h8H,4-7H2,1-3H3. The third-order valence-electron chi connectivity index (χ3n) is 1.69. The molecular formula is C9H18O3. The highest BCUT2D eigenvalue weighted by Gasteiger charge is 2.10. The van der Waals surface area contributed by atoms with Crippen molar-refractivity contribution in [2.45, 2.75) is 27.2 Å². The van der Waals surface area contributed by atoms with E-state index < -0.39 is 0 Å².